The summed E-state index contributed by atoms with van der Waals surface area (Å²) in [7, 11) is 0. The maximum absolute atomic E-state index is 13.9. The van der Waals surface area contributed by atoms with E-state index in [4.69, 9.17) is 5.26 Å². The van der Waals surface area contributed by atoms with Gasteiger partial charge in [0.25, 0.3) is 0 Å². The molecule has 2 aliphatic rings. The minimum absolute atomic E-state index is 0.228. The van der Waals surface area contributed by atoms with Crippen molar-refractivity contribution in [2.45, 2.75) is 51.4 Å². The summed E-state index contributed by atoms with van der Waals surface area (Å²) in [6.45, 7) is 2.08. The van der Waals surface area contributed by atoms with Crippen LogP contribution in [-0.4, -0.2) is 0 Å². The van der Waals surface area contributed by atoms with Gasteiger partial charge in [0.15, 0.2) is 0 Å². The van der Waals surface area contributed by atoms with Gasteiger partial charge < -0.3 is 0 Å². The third-order valence-corrected chi connectivity index (χ3v) is 5.77. The van der Waals surface area contributed by atoms with E-state index in [0.29, 0.717) is 11.8 Å². The zero-order valence-corrected chi connectivity index (χ0v) is 13.6. The minimum atomic E-state index is -0.721. The third kappa shape index (κ3) is 3.32. The van der Waals surface area contributed by atoms with Crippen LogP contribution >= 0.6 is 0 Å². The summed E-state index contributed by atoms with van der Waals surface area (Å²) in [5, 5.41) is 8.79. The molecule has 0 N–H and O–H groups in total. The molecule has 3 rings (SSSR count). The lowest BCUT2D eigenvalue weighted by molar-refractivity contribution is 0.133. The first kappa shape index (κ1) is 16.2. The lowest BCUT2D eigenvalue weighted by Gasteiger charge is -2.41. The van der Waals surface area contributed by atoms with Gasteiger partial charge >= 0.3 is 0 Å². The molecule has 0 saturated heterocycles. The molecule has 23 heavy (non-hydrogen) atoms. The Balaban J connectivity index is 1.72. The van der Waals surface area contributed by atoms with Crippen molar-refractivity contribution in [1.82, 2.24) is 0 Å². The summed E-state index contributed by atoms with van der Waals surface area (Å²) < 4.78 is 27.7. The average molecular weight is 315 g/mol. The maximum atomic E-state index is 13.9. The van der Waals surface area contributed by atoms with E-state index < -0.39 is 17.2 Å². The van der Waals surface area contributed by atoms with Crippen LogP contribution in [-0.2, 0) is 0 Å². The second-order valence-electron chi connectivity index (χ2n) is 7.10. The highest BCUT2D eigenvalue weighted by Crippen LogP contribution is 2.48. The van der Waals surface area contributed by atoms with Crippen LogP contribution in [0, 0.1) is 40.7 Å². The van der Waals surface area contributed by atoms with E-state index in [2.05, 4.69) is 19.1 Å². The smallest absolute Gasteiger partial charge is 0.144 e. The van der Waals surface area contributed by atoms with Gasteiger partial charge in [-0.3, -0.25) is 0 Å². The highest BCUT2D eigenvalue weighted by molar-refractivity contribution is 5.36. The van der Waals surface area contributed by atoms with Crippen LogP contribution in [0.1, 0.15) is 62.5 Å². The molecule has 2 aliphatic carbocycles. The Bertz CT molecular complexity index is 621. The van der Waals surface area contributed by atoms with Gasteiger partial charge in [-0.2, -0.15) is 5.26 Å². The lowest BCUT2D eigenvalue weighted by atomic mass is 9.64. The topological polar surface area (TPSA) is 23.8 Å². The summed E-state index contributed by atoms with van der Waals surface area (Å²) in [4.78, 5) is 0. The van der Waals surface area contributed by atoms with Gasteiger partial charge in [-0.25, -0.2) is 8.78 Å². The molecule has 2 fully saturated rings. The minimum Gasteiger partial charge on any atom is -0.205 e. The highest BCUT2D eigenvalue weighted by Gasteiger charge is 2.35. The van der Waals surface area contributed by atoms with Gasteiger partial charge in [-0.15, -0.1) is 0 Å². The number of nitrogens with zero attached hydrogens (tertiary/aromatic N) is 1. The van der Waals surface area contributed by atoms with Gasteiger partial charge in [-0.05, 0) is 86.8 Å². The van der Waals surface area contributed by atoms with Crippen LogP contribution < -0.4 is 0 Å². The van der Waals surface area contributed by atoms with Crippen molar-refractivity contribution < 1.29 is 8.78 Å². The predicted molar refractivity (Wildman–Crippen MR) is 86.8 cm³/mol. The van der Waals surface area contributed by atoms with Crippen LogP contribution in [0.3, 0.4) is 0 Å². The van der Waals surface area contributed by atoms with Crippen LogP contribution in [0.4, 0.5) is 8.78 Å². The van der Waals surface area contributed by atoms with Gasteiger partial charge in [0.1, 0.15) is 23.3 Å². The molecule has 3 heteroatoms. The van der Waals surface area contributed by atoms with Crippen molar-refractivity contribution in [3.8, 4) is 6.07 Å². The molecule has 0 bridgehead atoms. The SMILES string of the molecule is CC=C[C@@H]1CC[C@@H]2CC(c3cc(F)c(C#N)c(F)c3)CC[C@@H]2C1. The normalized spacial score (nSPS) is 30.9. The van der Waals surface area contributed by atoms with E-state index >= 15 is 0 Å². The molecule has 0 spiro atoms. The van der Waals surface area contributed by atoms with Crippen LogP contribution in [0.15, 0.2) is 24.3 Å². The van der Waals surface area contributed by atoms with E-state index in [1.165, 1.54) is 31.4 Å². The summed E-state index contributed by atoms with van der Waals surface area (Å²) in [6.07, 6.45) is 11.4. The molecular weight excluding hydrogens is 292 g/mol. The molecule has 0 amide bonds. The molecule has 0 aliphatic heterocycles. The van der Waals surface area contributed by atoms with Crippen LogP contribution in [0.25, 0.3) is 0 Å². The predicted octanol–water partition coefficient (Wildman–Crippen LogP) is 5.71. The lowest BCUT2D eigenvalue weighted by Crippen LogP contribution is -2.30. The van der Waals surface area contributed by atoms with Gasteiger partial charge in [0.05, 0.1) is 0 Å². The van der Waals surface area contributed by atoms with Crippen molar-refractivity contribution in [2.24, 2.45) is 17.8 Å². The number of hydrogen-bond acceptors (Lipinski definition) is 1. The van der Waals surface area contributed by atoms with E-state index in [1.807, 2.05) is 0 Å². The number of nitriles is 1. The number of rotatable bonds is 2. The number of benzene rings is 1. The van der Waals surface area contributed by atoms with E-state index in [0.717, 1.165) is 30.7 Å². The van der Waals surface area contributed by atoms with E-state index in [1.54, 1.807) is 6.07 Å². The molecule has 1 nitrogen and oxygen atoms in total. The van der Waals surface area contributed by atoms with Crippen molar-refractivity contribution >= 4 is 0 Å². The molecule has 0 aromatic heterocycles. The zero-order valence-electron chi connectivity index (χ0n) is 13.6. The molecule has 122 valence electrons. The van der Waals surface area contributed by atoms with Crippen LogP contribution in [0.5, 0.6) is 0 Å². The molecule has 0 radical (unpaired) electrons. The summed E-state index contributed by atoms with van der Waals surface area (Å²) in [6, 6.07) is 4.35. The molecule has 4 atom stereocenters. The Morgan fingerprint density at radius 1 is 1.04 bits per heavy atom. The first-order chi connectivity index (χ1) is 11.1. The largest absolute Gasteiger partial charge is 0.205 e. The fraction of sp³-hybridized carbons (Fsp3) is 0.550. The standard InChI is InChI=1S/C20H23F2N/c1-2-3-13-4-5-15-9-16(7-6-14(15)8-13)17-10-19(21)18(12-23)20(22)11-17/h2-3,10-11,13-16H,4-9H2,1H3/t13-,14-,15-,16?/m1/s1. The van der Waals surface area contributed by atoms with E-state index in [9.17, 15) is 8.78 Å². The monoisotopic (exact) mass is 315 g/mol. The summed E-state index contributed by atoms with van der Waals surface area (Å²) >= 11 is 0. The number of hydrogen-bond donors (Lipinski definition) is 0. The molecule has 1 aromatic carbocycles. The fourth-order valence-corrected chi connectivity index (χ4v) is 4.61. The van der Waals surface area contributed by atoms with Gasteiger partial charge in [0.2, 0.25) is 0 Å². The molecular formula is C20H23F2N. The molecule has 1 aromatic rings. The van der Waals surface area contributed by atoms with E-state index in [-0.39, 0.29) is 5.92 Å². The number of allylic oxidation sites excluding steroid dienone is 2. The summed E-state index contributed by atoms with van der Waals surface area (Å²) in [5.41, 5.74) is 0.266. The second-order valence-corrected chi connectivity index (χ2v) is 7.10. The Morgan fingerprint density at radius 2 is 1.70 bits per heavy atom. The first-order valence-corrected chi connectivity index (χ1v) is 8.64. The molecule has 1 unspecified atom stereocenters. The molecule has 0 heterocycles. The van der Waals surface area contributed by atoms with Crippen molar-refractivity contribution in [3.05, 3.63) is 47.0 Å². The first-order valence-electron chi connectivity index (χ1n) is 8.64. The third-order valence-electron chi connectivity index (χ3n) is 5.77. The van der Waals surface area contributed by atoms with Crippen molar-refractivity contribution in [1.29, 1.82) is 5.26 Å². The number of fused-ring (bicyclic) bond motifs is 1. The Morgan fingerprint density at radius 3 is 2.35 bits per heavy atom. The summed E-state index contributed by atoms with van der Waals surface area (Å²) in [5.74, 6) is 0.933. The Kier molecular flexibility index (Phi) is 4.80. The zero-order chi connectivity index (χ0) is 16.4. The van der Waals surface area contributed by atoms with Crippen molar-refractivity contribution in [2.75, 3.05) is 0 Å². The Hall–Kier alpha value is -1.69. The van der Waals surface area contributed by atoms with Crippen LogP contribution in [0.2, 0.25) is 0 Å². The van der Waals surface area contributed by atoms with Gasteiger partial charge in [-0.1, -0.05) is 12.2 Å². The second kappa shape index (κ2) is 6.83. The average Bonchev–Trinajstić information content (AvgIpc) is 2.54. The molecule has 2 saturated carbocycles. The van der Waals surface area contributed by atoms with Gasteiger partial charge in [0, 0.05) is 0 Å². The quantitative estimate of drug-likeness (QED) is 0.641. The maximum Gasteiger partial charge on any atom is 0.144 e. The Labute approximate surface area is 137 Å². The highest BCUT2D eigenvalue weighted by atomic mass is 19.1. The number of halogens is 2. The van der Waals surface area contributed by atoms with Crippen molar-refractivity contribution in [3.63, 3.8) is 0 Å². The fourth-order valence-electron chi connectivity index (χ4n) is 4.61.